The van der Waals surface area contributed by atoms with Crippen LogP contribution in [0.5, 0.6) is 0 Å². The zero-order valence-electron chi connectivity index (χ0n) is 16.1. The van der Waals surface area contributed by atoms with Gasteiger partial charge in [0.2, 0.25) is 0 Å². The molecule has 0 spiro atoms. The Balaban J connectivity index is 1.60. The maximum Gasteiger partial charge on any atom is 0.337 e. The van der Waals surface area contributed by atoms with Gasteiger partial charge in [-0.2, -0.15) is 0 Å². The second kappa shape index (κ2) is 8.01. The summed E-state index contributed by atoms with van der Waals surface area (Å²) in [6, 6.07) is 14.5. The van der Waals surface area contributed by atoms with E-state index in [0.717, 1.165) is 18.7 Å². The number of pyridine rings is 1. The minimum atomic E-state index is -0.983. The van der Waals surface area contributed by atoms with E-state index in [9.17, 15) is 14.3 Å². The number of fused-ring (bicyclic) bond motifs is 1. The molecule has 29 heavy (non-hydrogen) atoms. The highest BCUT2D eigenvalue weighted by Crippen LogP contribution is 2.36. The zero-order chi connectivity index (χ0) is 20.4. The molecule has 0 unspecified atom stereocenters. The summed E-state index contributed by atoms with van der Waals surface area (Å²) in [6.07, 6.45) is 3.01. The Morgan fingerprint density at radius 3 is 2.86 bits per heavy atom. The summed E-state index contributed by atoms with van der Waals surface area (Å²) in [7, 11) is 0. The number of nitrogens with one attached hydrogen (secondary N) is 1. The number of hydrogen-bond donors (Lipinski definition) is 2. The summed E-state index contributed by atoms with van der Waals surface area (Å²) in [5.41, 5.74) is 4.53. The predicted molar refractivity (Wildman–Crippen MR) is 110 cm³/mol. The normalized spacial score (nSPS) is 15.9. The Kier molecular flexibility index (Phi) is 5.27. The van der Waals surface area contributed by atoms with E-state index in [-0.39, 0.29) is 17.4 Å². The molecule has 0 radical (unpaired) electrons. The summed E-state index contributed by atoms with van der Waals surface area (Å²) in [4.78, 5) is 17.8. The molecule has 5 nitrogen and oxygen atoms in total. The zero-order valence-corrected chi connectivity index (χ0v) is 16.1. The number of anilines is 1. The van der Waals surface area contributed by atoms with Gasteiger partial charge in [0.1, 0.15) is 5.82 Å². The highest BCUT2D eigenvalue weighted by atomic mass is 19.1. The van der Waals surface area contributed by atoms with Gasteiger partial charge in [-0.3, -0.25) is 9.88 Å². The Hall–Kier alpha value is -3.25. The van der Waals surface area contributed by atoms with Crippen molar-refractivity contribution < 1.29 is 14.3 Å². The predicted octanol–water partition coefficient (Wildman–Crippen LogP) is 4.57. The molecule has 0 amide bonds. The number of likely N-dealkylation sites (N-methyl/N-ethyl adjacent to an activating group) is 1. The highest BCUT2D eigenvalue weighted by molar-refractivity contribution is 5.93. The van der Waals surface area contributed by atoms with Gasteiger partial charge in [0.05, 0.1) is 23.5 Å². The smallest absolute Gasteiger partial charge is 0.337 e. The van der Waals surface area contributed by atoms with Crippen molar-refractivity contribution in [1.82, 2.24) is 9.88 Å². The van der Waals surface area contributed by atoms with Crippen molar-refractivity contribution in [1.29, 1.82) is 0 Å². The van der Waals surface area contributed by atoms with Gasteiger partial charge in [-0.15, -0.1) is 0 Å². The van der Waals surface area contributed by atoms with Crippen LogP contribution in [-0.2, 0) is 6.54 Å². The fourth-order valence-electron chi connectivity index (χ4n) is 3.96. The van der Waals surface area contributed by atoms with E-state index in [1.165, 1.54) is 35.7 Å². The number of halogens is 1. The Morgan fingerprint density at radius 1 is 1.28 bits per heavy atom. The first kappa shape index (κ1) is 19.1. The van der Waals surface area contributed by atoms with Crippen LogP contribution in [0, 0.1) is 5.82 Å². The molecule has 1 aliphatic rings. The van der Waals surface area contributed by atoms with Gasteiger partial charge >= 0.3 is 5.97 Å². The van der Waals surface area contributed by atoms with Crippen LogP contribution >= 0.6 is 0 Å². The molecule has 1 atom stereocenters. The summed E-state index contributed by atoms with van der Waals surface area (Å²) in [5, 5.41) is 12.6. The fraction of sp³-hybridized carbons (Fsp3) is 0.217. The number of hydrogen-bond acceptors (Lipinski definition) is 4. The molecule has 0 saturated carbocycles. The summed E-state index contributed by atoms with van der Waals surface area (Å²) in [5.74, 6) is -1.21. The summed E-state index contributed by atoms with van der Waals surface area (Å²) >= 11 is 0. The first-order valence-corrected chi connectivity index (χ1v) is 9.61. The number of aromatic nitrogens is 1. The lowest BCUT2D eigenvalue weighted by molar-refractivity contribution is 0.0697. The van der Waals surface area contributed by atoms with E-state index < -0.39 is 5.97 Å². The first-order chi connectivity index (χ1) is 14.1. The monoisotopic (exact) mass is 391 g/mol. The minimum absolute atomic E-state index is 0.103. The van der Waals surface area contributed by atoms with Crippen LogP contribution in [-0.4, -0.2) is 34.0 Å². The number of benzene rings is 2. The van der Waals surface area contributed by atoms with E-state index in [0.29, 0.717) is 17.8 Å². The number of carboxylic acids is 1. The Bertz CT molecular complexity index is 1050. The van der Waals surface area contributed by atoms with Crippen molar-refractivity contribution in [3.8, 4) is 11.1 Å². The van der Waals surface area contributed by atoms with Gasteiger partial charge in [0.15, 0.2) is 0 Å². The molecule has 2 aromatic carbocycles. The van der Waals surface area contributed by atoms with Crippen LogP contribution in [0.15, 0.2) is 60.9 Å². The molecule has 4 rings (SSSR count). The fourth-order valence-corrected chi connectivity index (χ4v) is 3.96. The molecule has 148 valence electrons. The SMILES string of the molecule is CCN1Cc2cc(-c3ccccc3F)ccc2[C@H]1CNc1cnccc1C(=O)O. The van der Waals surface area contributed by atoms with Crippen LogP contribution in [0.3, 0.4) is 0 Å². The second-order valence-electron chi connectivity index (χ2n) is 7.08. The largest absolute Gasteiger partial charge is 0.478 e. The molecule has 6 heteroatoms. The number of carbonyl (C=O) groups is 1. The molecule has 2 heterocycles. The maximum absolute atomic E-state index is 14.2. The second-order valence-corrected chi connectivity index (χ2v) is 7.08. The molecular formula is C23H22FN3O2. The van der Waals surface area contributed by atoms with E-state index in [1.54, 1.807) is 12.1 Å². The maximum atomic E-state index is 14.2. The van der Waals surface area contributed by atoms with E-state index in [1.807, 2.05) is 12.1 Å². The van der Waals surface area contributed by atoms with Gasteiger partial charge in [-0.05, 0) is 41.4 Å². The van der Waals surface area contributed by atoms with Gasteiger partial charge in [-0.25, -0.2) is 9.18 Å². The topological polar surface area (TPSA) is 65.5 Å². The minimum Gasteiger partial charge on any atom is -0.478 e. The quantitative estimate of drug-likeness (QED) is 0.644. The third-order valence-corrected chi connectivity index (χ3v) is 5.44. The number of nitrogens with zero attached hydrogens (tertiary/aromatic N) is 2. The molecule has 0 fully saturated rings. The number of aromatic carboxylic acids is 1. The van der Waals surface area contributed by atoms with E-state index in [4.69, 9.17) is 0 Å². The highest BCUT2D eigenvalue weighted by Gasteiger charge is 2.29. The van der Waals surface area contributed by atoms with Crippen molar-refractivity contribution in [3.05, 3.63) is 83.4 Å². The molecule has 0 saturated heterocycles. The van der Waals surface area contributed by atoms with Crippen molar-refractivity contribution in [2.24, 2.45) is 0 Å². The molecule has 3 aromatic rings. The summed E-state index contributed by atoms with van der Waals surface area (Å²) in [6.45, 7) is 4.30. The Labute approximate surface area is 168 Å². The average molecular weight is 391 g/mol. The third kappa shape index (κ3) is 3.71. The lowest BCUT2D eigenvalue weighted by Gasteiger charge is -2.24. The van der Waals surface area contributed by atoms with Gasteiger partial charge < -0.3 is 10.4 Å². The van der Waals surface area contributed by atoms with Crippen molar-refractivity contribution >= 4 is 11.7 Å². The lowest BCUT2D eigenvalue weighted by atomic mass is 9.97. The van der Waals surface area contributed by atoms with Crippen LogP contribution in [0.25, 0.3) is 11.1 Å². The van der Waals surface area contributed by atoms with E-state index in [2.05, 4.69) is 34.3 Å². The number of rotatable bonds is 6. The number of carboxylic acid groups (broad SMARTS) is 1. The standard InChI is InChI=1S/C23H22FN3O2/c1-2-27-14-16-11-15(17-5-3-4-6-20(17)24)7-8-18(16)22(27)13-26-21-12-25-10-9-19(21)23(28)29/h3-12,22,26H,2,13-14H2,1H3,(H,28,29)/t22-/m1/s1. The summed E-state index contributed by atoms with van der Waals surface area (Å²) < 4.78 is 14.2. The molecule has 0 aliphatic carbocycles. The van der Waals surface area contributed by atoms with Crippen molar-refractivity contribution in [3.63, 3.8) is 0 Å². The van der Waals surface area contributed by atoms with Crippen molar-refractivity contribution in [2.75, 3.05) is 18.4 Å². The Morgan fingerprint density at radius 2 is 2.10 bits per heavy atom. The average Bonchev–Trinajstić information content (AvgIpc) is 3.09. The van der Waals surface area contributed by atoms with Crippen LogP contribution in [0.1, 0.15) is 34.5 Å². The molecule has 2 N–H and O–H groups in total. The first-order valence-electron chi connectivity index (χ1n) is 9.61. The molecule has 1 aliphatic heterocycles. The molecule has 0 bridgehead atoms. The van der Waals surface area contributed by atoms with Gasteiger partial charge in [0, 0.05) is 24.8 Å². The van der Waals surface area contributed by atoms with Crippen LogP contribution < -0.4 is 5.32 Å². The van der Waals surface area contributed by atoms with Crippen LogP contribution in [0.2, 0.25) is 0 Å². The lowest BCUT2D eigenvalue weighted by Crippen LogP contribution is -2.27. The van der Waals surface area contributed by atoms with Crippen molar-refractivity contribution in [2.45, 2.75) is 19.5 Å². The molecule has 1 aromatic heterocycles. The van der Waals surface area contributed by atoms with Gasteiger partial charge in [0.25, 0.3) is 0 Å². The van der Waals surface area contributed by atoms with Crippen LogP contribution in [0.4, 0.5) is 10.1 Å². The van der Waals surface area contributed by atoms with E-state index >= 15 is 0 Å². The third-order valence-electron chi connectivity index (χ3n) is 5.44. The van der Waals surface area contributed by atoms with Gasteiger partial charge in [-0.1, -0.05) is 37.3 Å². The molecular weight excluding hydrogens is 369 g/mol.